The van der Waals surface area contributed by atoms with Crippen LogP contribution in [0, 0.1) is 5.92 Å². The van der Waals surface area contributed by atoms with Crippen LogP contribution >= 0.6 is 27.7 Å². The molecule has 0 saturated carbocycles. The molecule has 1 N–H and O–H groups in total. The van der Waals surface area contributed by atoms with Crippen LogP contribution < -0.4 is 5.32 Å². The topological polar surface area (TPSA) is 71.0 Å². The van der Waals surface area contributed by atoms with E-state index >= 15 is 0 Å². The van der Waals surface area contributed by atoms with E-state index < -0.39 is 0 Å². The summed E-state index contributed by atoms with van der Waals surface area (Å²) in [5.41, 5.74) is 3.39. The lowest BCUT2D eigenvalue weighted by Gasteiger charge is -2.40. The molecule has 6 nitrogen and oxygen atoms in total. The number of halogens is 1. The van der Waals surface area contributed by atoms with Gasteiger partial charge in [0.05, 0.1) is 23.9 Å². The average Bonchev–Trinajstić information content (AvgIpc) is 2.81. The van der Waals surface area contributed by atoms with Crippen LogP contribution in [-0.4, -0.2) is 40.8 Å². The van der Waals surface area contributed by atoms with Crippen LogP contribution in [0.3, 0.4) is 0 Å². The van der Waals surface area contributed by atoms with Gasteiger partial charge in [-0.25, -0.2) is 9.79 Å². The minimum Gasteiger partial charge on any atom is -0.462 e. The van der Waals surface area contributed by atoms with Crippen molar-refractivity contribution >= 4 is 50.4 Å². The van der Waals surface area contributed by atoms with Crippen LogP contribution in [0.2, 0.25) is 0 Å². The Morgan fingerprint density at radius 2 is 2.03 bits per heavy atom. The van der Waals surface area contributed by atoms with E-state index in [0.717, 1.165) is 33.9 Å². The second-order valence-corrected chi connectivity index (χ2v) is 10.8. The molecule has 0 radical (unpaired) electrons. The number of esters is 1. The standard InChI is InChI=1S/C26H28BrN3O3S/c1-16(2)15-33-25(32)22-17(3)28-26-30(11-6-12-34-26)23(22)18-7-5-10-21(14-18)29-24(31)19-8-4-9-20(27)13-19/h4-5,7-10,13-14,16,23H,6,11-12,15H2,1-3H3,(H,29,31). The predicted molar refractivity (Wildman–Crippen MR) is 141 cm³/mol. The maximum absolute atomic E-state index is 13.2. The van der Waals surface area contributed by atoms with E-state index in [1.807, 2.05) is 57.2 Å². The highest BCUT2D eigenvalue weighted by molar-refractivity contribution is 9.10. The van der Waals surface area contributed by atoms with Gasteiger partial charge < -0.3 is 15.0 Å². The summed E-state index contributed by atoms with van der Waals surface area (Å²) in [7, 11) is 0. The molecule has 1 fully saturated rings. The van der Waals surface area contributed by atoms with Gasteiger partial charge in [0.2, 0.25) is 0 Å². The van der Waals surface area contributed by atoms with Crippen molar-refractivity contribution < 1.29 is 14.3 Å². The number of nitrogens with one attached hydrogen (secondary N) is 1. The molecule has 4 rings (SSSR count). The second kappa shape index (κ2) is 10.8. The Kier molecular flexibility index (Phi) is 7.78. The van der Waals surface area contributed by atoms with Crippen molar-refractivity contribution in [2.24, 2.45) is 10.9 Å². The van der Waals surface area contributed by atoms with Gasteiger partial charge in [0.1, 0.15) is 0 Å². The Hall–Kier alpha value is -2.58. The largest absolute Gasteiger partial charge is 0.462 e. The van der Waals surface area contributed by atoms with Crippen LogP contribution in [0.1, 0.15) is 49.2 Å². The molecule has 2 aliphatic rings. The van der Waals surface area contributed by atoms with Gasteiger partial charge in [0.15, 0.2) is 5.17 Å². The highest BCUT2D eigenvalue weighted by atomic mass is 79.9. The van der Waals surface area contributed by atoms with Crippen LogP contribution in [0.25, 0.3) is 0 Å². The molecular formula is C26H28BrN3O3S. The number of ether oxygens (including phenoxy) is 1. The normalized spacial score (nSPS) is 17.9. The highest BCUT2D eigenvalue weighted by Gasteiger charge is 2.38. The van der Waals surface area contributed by atoms with Crippen molar-refractivity contribution in [3.63, 3.8) is 0 Å². The Balaban J connectivity index is 1.66. The maximum Gasteiger partial charge on any atom is 0.338 e. The first-order valence-electron chi connectivity index (χ1n) is 11.4. The quantitative estimate of drug-likeness (QED) is 0.452. The van der Waals surface area contributed by atoms with Gasteiger partial charge in [-0.15, -0.1) is 0 Å². The van der Waals surface area contributed by atoms with Crippen molar-refractivity contribution in [1.82, 2.24) is 4.90 Å². The molecule has 2 aromatic carbocycles. The monoisotopic (exact) mass is 541 g/mol. The lowest BCUT2D eigenvalue weighted by Crippen LogP contribution is -2.42. The van der Waals surface area contributed by atoms with Crippen LogP contribution in [0.5, 0.6) is 0 Å². The summed E-state index contributed by atoms with van der Waals surface area (Å²) >= 11 is 5.12. The van der Waals surface area contributed by atoms with E-state index in [0.29, 0.717) is 29.1 Å². The van der Waals surface area contributed by atoms with Gasteiger partial charge >= 0.3 is 5.97 Å². The molecule has 2 aliphatic heterocycles. The Morgan fingerprint density at radius 3 is 2.79 bits per heavy atom. The molecular weight excluding hydrogens is 514 g/mol. The van der Waals surface area contributed by atoms with Crippen molar-refractivity contribution in [3.8, 4) is 0 Å². The zero-order valence-electron chi connectivity index (χ0n) is 19.5. The molecule has 0 spiro atoms. The number of anilines is 1. The summed E-state index contributed by atoms with van der Waals surface area (Å²) in [4.78, 5) is 32.9. The van der Waals surface area contributed by atoms with E-state index in [-0.39, 0.29) is 23.8 Å². The molecule has 2 aromatic rings. The smallest absolute Gasteiger partial charge is 0.338 e. The van der Waals surface area contributed by atoms with Crippen LogP contribution in [0.4, 0.5) is 5.69 Å². The van der Waals surface area contributed by atoms with Crippen molar-refractivity contribution in [2.45, 2.75) is 33.2 Å². The zero-order chi connectivity index (χ0) is 24.2. The van der Waals surface area contributed by atoms with E-state index in [1.54, 1.807) is 23.9 Å². The van der Waals surface area contributed by atoms with Gasteiger partial charge in [-0.3, -0.25) is 4.79 Å². The third-order valence-corrected chi connectivity index (χ3v) is 7.14. The van der Waals surface area contributed by atoms with Crippen molar-refractivity contribution in [1.29, 1.82) is 0 Å². The molecule has 1 saturated heterocycles. The molecule has 1 atom stereocenters. The molecule has 1 amide bonds. The van der Waals surface area contributed by atoms with Gasteiger partial charge in [0, 0.05) is 28.0 Å². The van der Waals surface area contributed by atoms with Crippen molar-refractivity contribution in [2.75, 3.05) is 24.2 Å². The summed E-state index contributed by atoms with van der Waals surface area (Å²) in [6.07, 6.45) is 1.01. The van der Waals surface area contributed by atoms with Crippen molar-refractivity contribution in [3.05, 3.63) is 75.4 Å². The fourth-order valence-electron chi connectivity index (χ4n) is 4.02. The van der Waals surface area contributed by atoms with E-state index in [9.17, 15) is 9.59 Å². The molecule has 8 heteroatoms. The average molecular weight is 542 g/mol. The number of amides is 1. The third kappa shape index (κ3) is 5.55. The van der Waals surface area contributed by atoms with E-state index in [1.165, 1.54) is 0 Å². The number of hydrogen-bond acceptors (Lipinski definition) is 6. The van der Waals surface area contributed by atoms with Crippen LogP contribution in [0.15, 0.2) is 69.3 Å². The molecule has 2 heterocycles. The van der Waals surface area contributed by atoms with Crippen LogP contribution in [-0.2, 0) is 9.53 Å². The number of hydrogen-bond donors (Lipinski definition) is 1. The van der Waals surface area contributed by atoms with Gasteiger partial charge in [-0.2, -0.15) is 0 Å². The molecule has 0 bridgehead atoms. The zero-order valence-corrected chi connectivity index (χ0v) is 21.9. The van der Waals surface area contributed by atoms with E-state index in [4.69, 9.17) is 9.73 Å². The SMILES string of the molecule is CC1=C(C(=O)OCC(C)C)C(c2cccc(NC(=O)c3cccc(Br)c3)c2)N2CCCSC2=N1. The number of amidine groups is 1. The highest BCUT2D eigenvalue weighted by Crippen LogP contribution is 2.40. The maximum atomic E-state index is 13.2. The number of thioether (sulfide) groups is 1. The third-order valence-electron chi connectivity index (χ3n) is 5.57. The molecule has 34 heavy (non-hydrogen) atoms. The summed E-state index contributed by atoms with van der Waals surface area (Å²) < 4.78 is 6.48. The Morgan fingerprint density at radius 1 is 1.24 bits per heavy atom. The fraction of sp³-hybridized carbons (Fsp3) is 0.346. The number of allylic oxidation sites excluding steroid dienone is 1. The first-order valence-corrected chi connectivity index (χ1v) is 13.1. The number of carbonyl (C=O) groups is 2. The summed E-state index contributed by atoms with van der Waals surface area (Å²) in [6.45, 7) is 7.07. The summed E-state index contributed by atoms with van der Waals surface area (Å²) in [6, 6.07) is 14.6. The molecule has 0 aliphatic carbocycles. The number of carbonyl (C=O) groups excluding carboxylic acids is 2. The summed E-state index contributed by atoms with van der Waals surface area (Å²) in [5.74, 6) is 0.720. The lowest BCUT2D eigenvalue weighted by molar-refractivity contribution is -0.140. The first-order chi connectivity index (χ1) is 16.3. The molecule has 0 aromatic heterocycles. The van der Waals surface area contributed by atoms with Gasteiger partial charge in [-0.1, -0.05) is 59.7 Å². The Bertz CT molecular complexity index is 1160. The number of benzene rings is 2. The number of nitrogens with zero attached hydrogens (tertiary/aromatic N) is 2. The number of aliphatic imine (C=N–C) groups is 1. The van der Waals surface area contributed by atoms with Gasteiger partial charge in [0.25, 0.3) is 5.91 Å². The first kappa shape index (κ1) is 24.5. The van der Waals surface area contributed by atoms with E-state index in [2.05, 4.69) is 26.1 Å². The fourth-order valence-corrected chi connectivity index (χ4v) is 5.44. The Labute approximate surface area is 213 Å². The minimum atomic E-state index is -0.335. The summed E-state index contributed by atoms with van der Waals surface area (Å²) in [5, 5.41) is 3.91. The van der Waals surface area contributed by atoms with Gasteiger partial charge in [-0.05, 0) is 55.2 Å². The lowest BCUT2D eigenvalue weighted by atomic mass is 9.94. The number of fused-ring (bicyclic) bond motifs is 1. The minimum absolute atomic E-state index is 0.193. The molecule has 178 valence electrons. The molecule has 1 unspecified atom stereocenters. The predicted octanol–water partition coefficient (Wildman–Crippen LogP) is 6.02. The second-order valence-electron chi connectivity index (χ2n) is 8.77. The number of rotatable bonds is 6.